The Kier molecular flexibility index (Phi) is 5.21. The van der Waals surface area contributed by atoms with Gasteiger partial charge in [0.2, 0.25) is 0 Å². The number of benzene rings is 2. The van der Waals surface area contributed by atoms with E-state index < -0.39 is 5.54 Å². The van der Waals surface area contributed by atoms with Crippen molar-refractivity contribution in [2.75, 3.05) is 20.8 Å². The summed E-state index contributed by atoms with van der Waals surface area (Å²) in [6.07, 6.45) is 3.87. The number of fused-ring (bicyclic) bond motifs is 1. The topological polar surface area (TPSA) is 63.1 Å². The lowest BCUT2D eigenvalue weighted by Gasteiger charge is -2.36. The van der Waals surface area contributed by atoms with Gasteiger partial charge in [0.1, 0.15) is 17.8 Å². The van der Waals surface area contributed by atoms with Gasteiger partial charge in [0, 0.05) is 5.56 Å². The van der Waals surface area contributed by atoms with Gasteiger partial charge in [0.15, 0.2) is 6.67 Å². The molecule has 1 saturated heterocycles. The quantitative estimate of drug-likeness (QED) is 0.763. The molecule has 1 heterocycles. The summed E-state index contributed by atoms with van der Waals surface area (Å²) in [6, 6.07) is 12.1. The molecule has 1 unspecified atom stereocenters. The van der Waals surface area contributed by atoms with Crippen molar-refractivity contribution in [2.24, 2.45) is 5.92 Å². The minimum absolute atomic E-state index is 0.0420. The number of methoxy groups -OCH3 is 1. The number of quaternary nitrogens is 1. The van der Waals surface area contributed by atoms with Gasteiger partial charge in [-0.05, 0) is 47.7 Å². The van der Waals surface area contributed by atoms with Gasteiger partial charge in [0.25, 0.3) is 5.91 Å². The van der Waals surface area contributed by atoms with Gasteiger partial charge in [-0.1, -0.05) is 38.0 Å². The first-order valence-electron chi connectivity index (χ1n) is 10.4. The molecule has 3 atom stereocenters. The standard InChI is InChI=1S/C23H29N3O3/c1-16-6-4-5-11-23(16)21(27)26(22(28)24-23)15-25(2)14-17-7-8-19-13-20(29-3)10-9-18(19)12-17/h7-10,12-13,16H,4-6,11,14-15H2,1-3H3,(H,24,28)/p+1/t16-,23-/m1/s1. The number of ether oxygens (including phenoxy) is 1. The fourth-order valence-electron chi connectivity index (χ4n) is 4.82. The van der Waals surface area contributed by atoms with Crippen molar-refractivity contribution in [3.63, 3.8) is 0 Å². The Labute approximate surface area is 171 Å². The van der Waals surface area contributed by atoms with Crippen molar-refractivity contribution in [2.45, 2.75) is 44.7 Å². The zero-order valence-corrected chi connectivity index (χ0v) is 17.5. The van der Waals surface area contributed by atoms with E-state index in [-0.39, 0.29) is 17.9 Å². The van der Waals surface area contributed by atoms with Crippen LogP contribution in [0.2, 0.25) is 0 Å². The number of hydrogen-bond donors (Lipinski definition) is 2. The van der Waals surface area contributed by atoms with Crippen LogP contribution in [0.25, 0.3) is 10.8 Å². The van der Waals surface area contributed by atoms with Crippen molar-refractivity contribution < 1.29 is 19.2 Å². The molecule has 1 spiro atoms. The van der Waals surface area contributed by atoms with Gasteiger partial charge >= 0.3 is 6.03 Å². The second kappa shape index (κ2) is 7.67. The molecule has 2 aromatic carbocycles. The minimum atomic E-state index is -0.683. The minimum Gasteiger partial charge on any atom is -0.497 e. The van der Waals surface area contributed by atoms with Crippen LogP contribution in [0, 0.1) is 5.92 Å². The third-order valence-electron chi connectivity index (χ3n) is 6.55. The fraction of sp³-hybridized carbons (Fsp3) is 0.478. The third kappa shape index (κ3) is 3.57. The number of nitrogens with zero attached hydrogens (tertiary/aromatic N) is 1. The number of amides is 3. The van der Waals surface area contributed by atoms with Crippen LogP contribution in [-0.2, 0) is 11.3 Å². The van der Waals surface area contributed by atoms with Crippen molar-refractivity contribution in [3.8, 4) is 5.75 Å². The Morgan fingerprint density at radius 3 is 2.69 bits per heavy atom. The number of rotatable bonds is 5. The summed E-state index contributed by atoms with van der Waals surface area (Å²) in [6.45, 7) is 3.20. The van der Waals surface area contributed by atoms with Crippen LogP contribution in [-0.4, -0.2) is 43.2 Å². The van der Waals surface area contributed by atoms with Gasteiger partial charge in [-0.3, -0.25) is 4.79 Å². The smallest absolute Gasteiger partial charge is 0.329 e. The SMILES string of the molecule is COc1ccc2cc(C[NH+](C)CN3C(=O)N[C@@]4(CCCC[C@H]4C)C3=O)ccc2c1. The maximum atomic E-state index is 13.1. The van der Waals surface area contributed by atoms with Crippen molar-refractivity contribution in [3.05, 3.63) is 42.0 Å². The fourth-order valence-corrected chi connectivity index (χ4v) is 4.82. The lowest BCUT2D eigenvalue weighted by molar-refractivity contribution is -0.901. The maximum absolute atomic E-state index is 13.1. The number of carbonyl (C=O) groups excluding carboxylic acids is 2. The van der Waals surface area contributed by atoms with Crippen LogP contribution >= 0.6 is 0 Å². The molecule has 0 aromatic heterocycles. The summed E-state index contributed by atoms with van der Waals surface area (Å²) < 4.78 is 5.29. The molecular formula is C23H30N3O3+. The summed E-state index contributed by atoms with van der Waals surface area (Å²) in [4.78, 5) is 28.3. The molecule has 6 nitrogen and oxygen atoms in total. The number of imide groups is 1. The molecule has 2 N–H and O–H groups in total. The van der Waals surface area contributed by atoms with Crippen molar-refractivity contribution in [1.29, 1.82) is 0 Å². The molecule has 29 heavy (non-hydrogen) atoms. The molecule has 6 heteroatoms. The molecule has 2 aromatic rings. The summed E-state index contributed by atoms with van der Waals surface area (Å²) in [5.41, 5.74) is 0.491. The molecule has 4 rings (SSSR count). The number of nitrogens with one attached hydrogen (secondary N) is 2. The van der Waals surface area contributed by atoms with Crippen molar-refractivity contribution in [1.82, 2.24) is 10.2 Å². The first-order valence-corrected chi connectivity index (χ1v) is 10.4. The lowest BCUT2D eigenvalue weighted by Crippen LogP contribution is -3.09. The second-order valence-corrected chi connectivity index (χ2v) is 8.62. The van der Waals surface area contributed by atoms with Crippen LogP contribution in [0.5, 0.6) is 5.75 Å². The van der Waals surface area contributed by atoms with Gasteiger partial charge in [0.05, 0.1) is 14.2 Å². The van der Waals surface area contributed by atoms with E-state index in [0.29, 0.717) is 6.67 Å². The van der Waals surface area contributed by atoms with E-state index in [1.807, 2.05) is 19.2 Å². The Balaban J connectivity index is 1.45. The van der Waals surface area contributed by atoms with Gasteiger partial charge in [-0.2, -0.15) is 0 Å². The molecule has 154 valence electrons. The normalized spacial score (nSPS) is 25.5. The highest BCUT2D eigenvalue weighted by Gasteiger charge is 2.55. The molecule has 2 fully saturated rings. The zero-order chi connectivity index (χ0) is 20.6. The molecule has 2 aliphatic rings. The Morgan fingerprint density at radius 1 is 1.17 bits per heavy atom. The first kappa shape index (κ1) is 19.7. The average Bonchev–Trinajstić information content (AvgIpc) is 2.94. The third-order valence-corrected chi connectivity index (χ3v) is 6.55. The highest BCUT2D eigenvalue weighted by molar-refractivity contribution is 6.07. The lowest BCUT2D eigenvalue weighted by atomic mass is 9.73. The Bertz CT molecular complexity index is 944. The molecule has 1 aliphatic carbocycles. The molecule has 1 aliphatic heterocycles. The highest BCUT2D eigenvalue weighted by atomic mass is 16.5. The predicted molar refractivity (Wildman–Crippen MR) is 112 cm³/mol. The monoisotopic (exact) mass is 396 g/mol. The highest BCUT2D eigenvalue weighted by Crippen LogP contribution is 2.37. The van der Waals surface area contributed by atoms with Crippen LogP contribution < -0.4 is 15.0 Å². The summed E-state index contributed by atoms with van der Waals surface area (Å²) in [7, 11) is 3.69. The van der Waals surface area contributed by atoms with Gasteiger partial charge in [-0.25, -0.2) is 9.69 Å². The summed E-state index contributed by atoms with van der Waals surface area (Å²) in [5.74, 6) is 0.993. The predicted octanol–water partition coefficient (Wildman–Crippen LogP) is 2.32. The van der Waals surface area contributed by atoms with E-state index in [1.165, 1.54) is 10.5 Å². The zero-order valence-electron chi connectivity index (χ0n) is 17.5. The van der Waals surface area contributed by atoms with Crippen LogP contribution in [0.1, 0.15) is 38.2 Å². The van der Waals surface area contributed by atoms with Crippen LogP contribution in [0.15, 0.2) is 36.4 Å². The Hall–Kier alpha value is -2.60. The first-order chi connectivity index (χ1) is 13.9. The molecule has 1 saturated carbocycles. The molecular weight excluding hydrogens is 366 g/mol. The largest absolute Gasteiger partial charge is 0.497 e. The molecule has 0 bridgehead atoms. The van der Waals surface area contributed by atoms with E-state index in [1.54, 1.807) is 7.11 Å². The van der Waals surface area contributed by atoms with Gasteiger partial charge in [-0.15, -0.1) is 0 Å². The van der Waals surface area contributed by atoms with Crippen molar-refractivity contribution >= 4 is 22.7 Å². The second-order valence-electron chi connectivity index (χ2n) is 8.62. The van der Waals surface area contributed by atoms with E-state index in [0.717, 1.165) is 53.6 Å². The summed E-state index contributed by atoms with van der Waals surface area (Å²) >= 11 is 0. The van der Waals surface area contributed by atoms with E-state index in [9.17, 15) is 9.59 Å². The van der Waals surface area contributed by atoms with Crippen LogP contribution in [0.4, 0.5) is 4.79 Å². The maximum Gasteiger partial charge on any atom is 0.329 e. The number of urea groups is 1. The number of hydrogen-bond acceptors (Lipinski definition) is 3. The van der Waals surface area contributed by atoms with E-state index in [4.69, 9.17) is 4.74 Å². The molecule has 0 radical (unpaired) electrons. The van der Waals surface area contributed by atoms with Crippen LogP contribution in [0.3, 0.4) is 0 Å². The van der Waals surface area contributed by atoms with Gasteiger partial charge < -0.3 is 15.0 Å². The summed E-state index contributed by atoms with van der Waals surface area (Å²) in [5, 5.41) is 5.32. The number of carbonyl (C=O) groups is 2. The van der Waals surface area contributed by atoms with E-state index >= 15 is 0 Å². The van der Waals surface area contributed by atoms with E-state index in [2.05, 4.69) is 36.5 Å². The Morgan fingerprint density at radius 2 is 1.93 bits per heavy atom. The molecule has 3 amide bonds. The average molecular weight is 397 g/mol.